The molecule has 0 spiro atoms. The molecule has 1 saturated heterocycles. The van der Waals surface area contributed by atoms with Crippen molar-refractivity contribution in [2.75, 3.05) is 0 Å². The largest absolute Gasteiger partial charge is 0.340 e. The fourth-order valence-electron chi connectivity index (χ4n) is 0.631. The van der Waals surface area contributed by atoms with E-state index >= 15 is 0 Å². The summed E-state index contributed by atoms with van der Waals surface area (Å²) in [5.74, 6) is -0.0648. The van der Waals surface area contributed by atoms with Crippen LogP contribution in [0.15, 0.2) is 12.2 Å². The minimum absolute atomic E-state index is 0.00463. The second-order valence-electron chi connectivity index (χ2n) is 1.80. The Morgan fingerprint density at radius 3 is 2.62 bits per heavy atom. The monoisotopic (exact) mass is 129 g/mol. The first kappa shape index (κ1) is 5.69. The van der Waals surface area contributed by atoms with Crippen molar-refractivity contribution in [3.8, 4) is 0 Å². The predicted molar refractivity (Wildman–Crippen MR) is 34.7 cm³/mol. The Bertz CT molecular complexity index is 127. The molecular formula is C5H7NOS. The molecule has 44 valence electrons. The molecule has 2 nitrogen and oxygen atoms in total. The Labute approximate surface area is 53.4 Å². The van der Waals surface area contributed by atoms with Crippen molar-refractivity contribution in [2.45, 2.75) is 11.8 Å². The van der Waals surface area contributed by atoms with Crippen LogP contribution in [0.3, 0.4) is 0 Å². The molecular weight excluding hydrogens is 122 g/mol. The lowest BCUT2D eigenvalue weighted by Crippen LogP contribution is -2.19. The zero-order valence-corrected chi connectivity index (χ0v) is 5.24. The molecule has 0 aliphatic carbocycles. The molecule has 1 amide bonds. The van der Waals surface area contributed by atoms with Gasteiger partial charge in [-0.05, 0) is 0 Å². The molecule has 3 heteroatoms. The molecule has 1 fully saturated rings. The van der Waals surface area contributed by atoms with Gasteiger partial charge >= 0.3 is 0 Å². The van der Waals surface area contributed by atoms with Crippen LogP contribution in [-0.2, 0) is 4.79 Å². The predicted octanol–water partition coefficient (Wildman–Crippen LogP) is 0.318. The van der Waals surface area contributed by atoms with Crippen LogP contribution in [0, 0.1) is 0 Å². The van der Waals surface area contributed by atoms with Crippen molar-refractivity contribution in [3.05, 3.63) is 12.2 Å². The first-order valence-electron chi connectivity index (χ1n) is 2.37. The van der Waals surface area contributed by atoms with Gasteiger partial charge in [0.15, 0.2) is 0 Å². The fourth-order valence-corrected chi connectivity index (χ4v) is 0.968. The molecule has 1 unspecified atom stereocenters. The van der Waals surface area contributed by atoms with Crippen molar-refractivity contribution in [1.29, 1.82) is 0 Å². The second-order valence-corrected chi connectivity index (χ2v) is 2.42. The second kappa shape index (κ2) is 1.82. The minimum atomic E-state index is -0.0648. The van der Waals surface area contributed by atoms with Crippen LogP contribution in [0.4, 0.5) is 0 Å². The zero-order valence-electron chi connectivity index (χ0n) is 4.35. The molecule has 0 radical (unpaired) electrons. The average molecular weight is 129 g/mol. The van der Waals surface area contributed by atoms with E-state index in [4.69, 9.17) is 0 Å². The van der Waals surface area contributed by atoms with Gasteiger partial charge < -0.3 is 5.32 Å². The van der Waals surface area contributed by atoms with Gasteiger partial charge in [0.1, 0.15) is 0 Å². The molecule has 1 aliphatic heterocycles. The molecule has 1 rings (SSSR count). The highest BCUT2D eigenvalue weighted by molar-refractivity contribution is 7.81. The van der Waals surface area contributed by atoms with Crippen LogP contribution < -0.4 is 5.32 Å². The normalized spacial score (nSPS) is 28.4. The summed E-state index contributed by atoms with van der Waals surface area (Å²) >= 11 is 4.02. The number of nitrogens with one attached hydrogen (secondary N) is 1. The number of thiol groups is 1. The smallest absolute Gasteiger partial charge is 0.247 e. The molecule has 1 heterocycles. The molecule has 1 atom stereocenters. The van der Waals surface area contributed by atoms with Gasteiger partial charge in [-0.2, -0.15) is 12.6 Å². The molecule has 0 aromatic rings. The summed E-state index contributed by atoms with van der Waals surface area (Å²) in [5.41, 5.74) is 0.630. The van der Waals surface area contributed by atoms with Crippen molar-refractivity contribution >= 4 is 18.5 Å². The van der Waals surface area contributed by atoms with Crippen LogP contribution in [0.25, 0.3) is 0 Å². The third-order valence-electron chi connectivity index (χ3n) is 1.06. The Balaban J connectivity index is 2.64. The SMILES string of the molecule is C=C1CC(S)NC1=O. The maximum Gasteiger partial charge on any atom is 0.247 e. The van der Waals surface area contributed by atoms with Gasteiger partial charge in [0.05, 0.1) is 5.37 Å². The van der Waals surface area contributed by atoms with Crippen molar-refractivity contribution in [1.82, 2.24) is 5.32 Å². The molecule has 0 aromatic heterocycles. The van der Waals surface area contributed by atoms with Crippen molar-refractivity contribution < 1.29 is 4.79 Å². The van der Waals surface area contributed by atoms with E-state index in [2.05, 4.69) is 24.5 Å². The van der Waals surface area contributed by atoms with Crippen LogP contribution >= 0.6 is 12.6 Å². The van der Waals surface area contributed by atoms with E-state index in [0.717, 1.165) is 0 Å². The summed E-state index contributed by atoms with van der Waals surface area (Å²) in [5, 5.41) is 2.59. The lowest BCUT2D eigenvalue weighted by Gasteiger charge is -1.94. The van der Waals surface area contributed by atoms with E-state index < -0.39 is 0 Å². The third kappa shape index (κ3) is 0.865. The third-order valence-corrected chi connectivity index (χ3v) is 1.37. The van der Waals surface area contributed by atoms with Crippen molar-refractivity contribution in [2.24, 2.45) is 0 Å². The highest BCUT2D eigenvalue weighted by Gasteiger charge is 2.20. The Kier molecular flexibility index (Phi) is 1.29. The van der Waals surface area contributed by atoms with Gasteiger partial charge in [-0.25, -0.2) is 0 Å². The molecule has 8 heavy (non-hydrogen) atoms. The van der Waals surface area contributed by atoms with Crippen molar-refractivity contribution in [3.63, 3.8) is 0 Å². The van der Waals surface area contributed by atoms with Crippen LogP contribution in [0.2, 0.25) is 0 Å². The van der Waals surface area contributed by atoms with Crippen LogP contribution in [-0.4, -0.2) is 11.3 Å². The number of carbonyl (C=O) groups excluding carboxylic acids is 1. The van der Waals surface area contributed by atoms with Gasteiger partial charge in [-0.15, -0.1) is 0 Å². The van der Waals surface area contributed by atoms with Crippen LogP contribution in [0.5, 0.6) is 0 Å². The maximum absolute atomic E-state index is 10.5. The number of carbonyl (C=O) groups is 1. The molecule has 0 aromatic carbocycles. The van der Waals surface area contributed by atoms with E-state index in [-0.39, 0.29) is 11.3 Å². The maximum atomic E-state index is 10.5. The summed E-state index contributed by atoms with van der Waals surface area (Å²) in [7, 11) is 0. The quantitative estimate of drug-likeness (QED) is 0.358. The molecule has 0 saturated carbocycles. The standard InChI is InChI=1S/C5H7NOS/c1-3-2-4(8)6-5(3)7/h4,8H,1-2H2,(H,6,7). The number of rotatable bonds is 0. The Morgan fingerprint density at radius 2 is 2.50 bits per heavy atom. The van der Waals surface area contributed by atoms with Gasteiger partial charge in [-0.1, -0.05) is 6.58 Å². The summed E-state index contributed by atoms with van der Waals surface area (Å²) in [6.45, 7) is 3.52. The highest BCUT2D eigenvalue weighted by Crippen LogP contribution is 2.13. The number of hydrogen-bond donors (Lipinski definition) is 2. The van der Waals surface area contributed by atoms with Gasteiger partial charge in [0, 0.05) is 12.0 Å². The number of amides is 1. The summed E-state index contributed by atoms with van der Waals surface area (Å²) in [6, 6.07) is 0. The van der Waals surface area contributed by atoms with E-state index in [1.165, 1.54) is 0 Å². The van der Waals surface area contributed by atoms with Gasteiger partial charge in [-0.3, -0.25) is 4.79 Å². The fraction of sp³-hybridized carbons (Fsp3) is 0.400. The zero-order chi connectivity index (χ0) is 6.15. The molecule has 1 aliphatic rings. The van der Waals surface area contributed by atoms with E-state index in [1.807, 2.05) is 0 Å². The summed E-state index contributed by atoms with van der Waals surface area (Å²) in [4.78, 5) is 10.5. The van der Waals surface area contributed by atoms with E-state index in [9.17, 15) is 4.79 Å². The van der Waals surface area contributed by atoms with E-state index in [0.29, 0.717) is 12.0 Å². The lowest BCUT2D eigenvalue weighted by atomic mass is 10.3. The first-order chi connectivity index (χ1) is 3.70. The highest BCUT2D eigenvalue weighted by atomic mass is 32.1. The van der Waals surface area contributed by atoms with Gasteiger partial charge in [0.25, 0.3) is 0 Å². The topological polar surface area (TPSA) is 29.1 Å². The first-order valence-corrected chi connectivity index (χ1v) is 2.88. The summed E-state index contributed by atoms with van der Waals surface area (Å²) < 4.78 is 0. The average Bonchev–Trinajstić information content (AvgIpc) is 1.85. The minimum Gasteiger partial charge on any atom is -0.340 e. The Hall–Kier alpha value is -0.440. The van der Waals surface area contributed by atoms with Crippen LogP contribution in [0.1, 0.15) is 6.42 Å². The molecule has 1 N–H and O–H groups in total. The Morgan fingerprint density at radius 1 is 1.88 bits per heavy atom. The lowest BCUT2D eigenvalue weighted by molar-refractivity contribution is -0.116. The van der Waals surface area contributed by atoms with Gasteiger partial charge in [0.2, 0.25) is 5.91 Å². The summed E-state index contributed by atoms with van der Waals surface area (Å²) in [6.07, 6.45) is 0.669. The molecule has 0 bridgehead atoms. The number of hydrogen-bond acceptors (Lipinski definition) is 2. The van der Waals surface area contributed by atoms with E-state index in [1.54, 1.807) is 0 Å².